The van der Waals surface area contributed by atoms with Crippen LogP contribution in [0.25, 0.3) is 10.9 Å². The number of alkyl halides is 3. The van der Waals surface area contributed by atoms with Crippen LogP contribution in [-0.4, -0.2) is 105 Å². The Hall–Kier alpha value is -3.93. The zero-order valence-electron chi connectivity index (χ0n) is 26.4. The Morgan fingerprint density at radius 3 is 2.43 bits per heavy atom. The second-order valence-corrected chi connectivity index (χ2v) is 14.1. The van der Waals surface area contributed by atoms with Gasteiger partial charge in [-0.25, -0.2) is 8.42 Å². The molecule has 2 fully saturated rings. The van der Waals surface area contributed by atoms with Gasteiger partial charge in [-0.1, -0.05) is 12.0 Å². The molecule has 2 aliphatic rings. The van der Waals surface area contributed by atoms with Crippen molar-refractivity contribution in [3.05, 3.63) is 48.2 Å². The van der Waals surface area contributed by atoms with Gasteiger partial charge in [0.25, 0.3) is 0 Å². The number of carbonyl (C=O) groups is 1. The summed E-state index contributed by atoms with van der Waals surface area (Å²) in [6, 6.07) is 11.4. The number of aliphatic hydroxyl groups excluding tert-OH is 1. The van der Waals surface area contributed by atoms with Gasteiger partial charge in [0.05, 0.1) is 48.1 Å². The number of halogens is 3. The second kappa shape index (κ2) is 14.5. The van der Waals surface area contributed by atoms with Gasteiger partial charge in [-0.15, -0.1) is 0 Å². The lowest BCUT2D eigenvalue weighted by Crippen LogP contribution is -2.47. The Bertz CT molecular complexity index is 1750. The normalized spacial score (nSPS) is 16.9. The van der Waals surface area contributed by atoms with Crippen molar-refractivity contribution in [1.29, 1.82) is 0 Å². The monoisotopic (exact) mass is 675 g/mol. The zero-order valence-corrected chi connectivity index (χ0v) is 27.3. The fourth-order valence-electron chi connectivity index (χ4n) is 6.05. The van der Waals surface area contributed by atoms with E-state index in [-0.39, 0.29) is 35.2 Å². The minimum absolute atomic E-state index is 0.0758. The fraction of sp³-hybridized carbons (Fsp3) is 0.485. The van der Waals surface area contributed by atoms with Gasteiger partial charge >= 0.3 is 6.18 Å². The van der Waals surface area contributed by atoms with Crippen molar-refractivity contribution in [2.45, 2.75) is 55.4 Å². The molecule has 2 aromatic carbocycles. The number of benzene rings is 2. The summed E-state index contributed by atoms with van der Waals surface area (Å²) in [7, 11) is -2.02. The van der Waals surface area contributed by atoms with Crippen molar-refractivity contribution < 1.29 is 36.2 Å². The first-order chi connectivity index (χ1) is 22.3. The predicted octanol–water partition coefficient (Wildman–Crippen LogP) is 3.94. The molecule has 0 aliphatic carbocycles. The standard InChI is InChI=1S/C33H40F3N5O5S/c1-46-31-20-26(47(2,44)45)8-9-29(31)37-14-4-5-24-19-27-28(6-3-7-30(27)41(24)22-33(34,35)36)38-23-10-15-39(16-11-23)21-32(43)40-17-12-25(42)13-18-40/h3,6-9,19-20,23,25,37-38,42H,10-18,21-22H2,1-2H3. The maximum atomic E-state index is 13.7. The van der Waals surface area contributed by atoms with E-state index in [4.69, 9.17) is 4.74 Å². The number of methoxy groups -OCH3 is 1. The lowest BCUT2D eigenvalue weighted by Gasteiger charge is -2.35. The Balaban J connectivity index is 1.27. The number of anilines is 2. The molecule has 10 nitrogen and oxygen atoms in total. The summed E-state index contributed by atoms with van der Waals surface area (Å²) >= 11 is 0. The molecule has 0 spiro atoms. The van der Waals surface area contributed by atoms with E-state index >= 15 is 0 Å². The van der Waals surface area contributed by atoms with Crippen LogP contribution in [0.5, 0.6) is 5.75 Å². The van der Waals surface area contributed by atoms with Crippen LogP contribution in [0.2, 0.25) is 0 Å². The number of aromatic nitrogens is 1. The molecule has 14 heteroatoms. The number of aliphatic hydroxyl groups is 1. The van der Waals surface area contributed by atoms with Crippen molar-refractivity contribution in [1.82, 2.24) is 14.4 Å². The molecule has 0 saturated carbocycles. The van der Waals surface area contributed by atoms with Crippen LogP contribution in [0.15, 0.2) is 47.4 Å². The average Bonchev–Trinajstić information content (AvgIpc) is 3.36. The number of hydrogen-bond donors (Lipinski definition) is 3. The maximum Gasteiger partial charge on any atom is 0.406 e. The molecule has 0 unspecified atom stereocenters. The highest BCUT2D eigenvalue weighted by Crippen LogP contribution is 2.32. The minimum Gasteiger partial charge on any atom is -0.495 e. The predicted molar refractivity (Wildman–Crippen MR) is 174 cm³/mol. The highest BCUT2D eigenvalue weighted by atomic mass is 32.2. The third kappa shape index (κ3) is 8.91. The summed E-state index contributed by atoms with van der Waals surface area (Å²) in [5.74, 6) is 6.15. The molecule has 1 amide bonds. The van der Waals surface area contributed by atoms with Crippen molar-refractivity contribution in [3.8, 4) is 17.6 Å². The van der Waals surface area contributed by atoms with Gasteiger partial charge in [-0.05, 0) is 61.9 Å². The number of hydrogen-bond acceptors (Lipinski definition) is 8. The van der Waals surface area contributed by atoms with Gasteiger partial charge in [0.1, 0.15) is 12.3 Å². The quantitative estimate of drug-likeness (QED) is 0.293. The van der Waals surface area contributed by atoms with Gasteiger partial charge in [-0.3, -0.25) is 9.69 Å². The Kier molecular flexibility index (Phi) is 10.6. The molecule has 2 aliphatic heterocycles. The van der Waals surface area contributed by atoms with E-state index in [1.54, 1.807) is 24.3 Å². The van der Waals surface area contributed by atoms with Crippen molar-refractivity contribution in [2.24, 2.45) is 0 Å². The second-order valence-electron chi connectivity index (χ2n) is 12.1. The van der Waals surface area contributed by atoms with Crippen molar-refractivity contribution >= 4 is 38.0 Å². The summed E-state index contributed by atoms with van der Waals surface area (Å²) in [5.41, 5.74) is 1.85. The number of ether oxygens (including phenoxy) is 1. The number of fused-ring (bicyclic) bond motifs is 1. The van der Waals surface area contributed by atoms with E-state index < -0.39 is 22.6 Å². The highest BCUT2D eigenvalue weighted by Gasteiger charge is 2.30. The van der Waals surface area contributed by atoms with E-state index in [1.807, 2.05) is 11.0 Å². The third-order valence-corrected chi connectivity index (χ3v) is 9.70. The van der Waals surface area contributed by atoms with Crippen LogP contribution in [-0.2, 0) is 21.2 Å². The number of rotatable bonds is 9. The van der Waals surface area contributed by atoms with Crippen LogP contribution in [0.1, 0.15) is 31.4 Å². The van der Waals surface area contributed by atoms with Crippen molar-refractivity contribution in [2.75, 3.05) is 63.3 Å². The van der Waals surface area contributed by atoms with Crippen LogP contribution in [0, 0.1) is 11.8 Å². The molecule has 3 aromatic rings. The molecule has 3 N–H and O–H groups in total. The molecule has 254 valence electrons. The molecular weight excluding hydrogens is 635 g/mol. The smallest absolute Gasteiger partial charge is 0.406 e. The summed E-state index contributed by atoms with van der Waals surface area (Å²) in [6.45, 7) is 1.82. The molecule has 0 atom stereocenters. The summed E-state index contributed by atoms with van der Waals surface area (Å²) in [4.78, 5) is 16.8. The molecule has 1 aromatic heterocycles. The molecule has 2 saturated heterocycles. The third-order valence-electron chi connectivity index (χ3n) is 8.59. The maximum absolute atomic E-state index is 13.7. The lowest BCUT2D eigenvalue weighted by atomic mass is 10.0. The minimum atomic E-state index is -4.46. The summed E-state index contributed by atoms with van der Waals surface area (Å²) < 4.78 is 71.2. The first-order valence-corrected chi connectivity index (χ1v) is 17.4. The number of piperidine rings is 2. The highest BCUT2D eigenvalue weighted by molar-refractivity contribution is 7.90. The van der Waals surface area contributed by atoms with Crippen molar-refractivity contribution in [3.63, 3.8) is 0 Å². The van der Waals surface area contributed by atoms with E-state index in [2.05, 4.69) is 27.4 Å². The van der Waals surface area contributed by atoms with E-state index in [9.17, 15) is 31.5 Å². The molecule has 5 rings (SSSR count). The number of amides is 1. The molecule has 3 heterocycles. The number of likely N-dealkylation sites (tertiary alicyclic amines) is 2. The van der Waals surface area contributed by atoms with Crippen LogP contribution in [0.4, 0.5) is 24.5 Å². The fourth-order valence-corrected chi connectivity index (χ4v) is 6.68. The Morgan fingerprint density at radius 2 is 1.77 bits per heavy atom. The molecule has 47 heavy (non-hydrogen) atoms. The van der Waals surface area contributed by atoms with Crippen LogP contribution in [0.3, 0.4) is 0 Å². The molecular formula is C33H40F3N5O5S. The zero-order chi connectivity index (χ0) is 33.8. The molecule has 0 radical (unpaired) electrons. The first kappa shape index (κ1) is 34.4. The molecule has 0 bridgehead atoms. The van der Waals surface area contributed by atoms with E-state index in [0.717, 1.165) is 37.9 Å². The number of carbonyl (C=O) groups excluding carboxylic acids is 1. The van der Waals surface area contributed by atoms with Gasteiger partial charge in [0, 0.05) is 55.6 Å². The number of sulfone groups is 1. The topological polar surface area (TPSA) is 116 Å². The van der Waals surface area contributed by atoms with Gasteiger partial charge in [-0.2, -0.15) is 13.2 Å². The SMILES string of the molecule is COc1cc(S(C)(=O)=O)ccc1NCC#Cc1cc2c(NC3CCN(CC(=O)N4CCC(O)CC4)CC3)cccc2n1CC(F)(F)F. The number of nitrogens with one attached hydrogen (secondary N) is 2. The largest absolute Gasteiger partial charge is 0.495 e. The first-order valence-electron chi connectivity index (χ1n) is 15.6. The summed E-state index contributed by atoms with van der Waals surface area (Å²) in [5, 5.41) is 16.9. The van der Waals surface area contributed by atoms with E-state index in [0.29, 0.717) is 54.8 Å². The number of nitrogens with zero attached hydrogens (tertiary/aromatic N) is 3. The Labute approximate surface area is 272 Å². The Morgan fingerprint density at radius 1 is 1.04 bits per heavy atom. The average molecular weight is 676 g/mol. The van der Waals surface area contributed by atoms with Gasteiger partial charge in [0.2, 0.25) is 5.91 Å². The van der Waals surface area contributed by atoms with Crippen LogP contribution >= 0.6 is 0 Å². The van der Waals surface area contributed by atoms with E-state index in [1.165, 1.54) is 23.8 Å². The lowest BCUT2D eigenvalue weighted by molar-refractivity contribution is -0.140. The van der Waals surface area contributed by atoms with Gasteiger partial charge < -0.3 is 29.9 Å². The summed E-state index contributed by atoms with van der Waals surface area (Å²) in [6.07, 6.45) is -0.929. The van der Waals surface area contributed by atoms with Gasteiger partial charge in [0.15, 0.2) is 9.84 Å². The van der Waals surface area contributed by atoms with Crippen LogP contribution < -0.4 is 15.4 Å².